The van der Waals surface area contributed by atoms with E-state index in [4.69, 9.17) is 14.0 Å². The van der Waals surface area contributed by atoms with Crippen LogP contribution in [0, 0.1) is 0 Å². The molecule has 3 heterocycles. The van der Waals surface area contributed by atoms with Gasteiger partial charge in [0.25, 0.3) is 5.91 Å². The van der Waals surface area contributed by atoms with Crippen LogP contribution in [-0.4, -0.2) is 59.2 Å². The number of hydrogen-bond acceptors (Lipinski definition) is 6. The standard InChI is InChI=1S/C18H19N3O5/c1-3-20-6-7-21(11(2)17(20)22)18(23)13-9-15(26-19-13)12-4-5-14-16(8-12)25-10-24-14/h4-5,8-9,11H,3,6-7,10H2,1-2H3. The normalized spacial score (nSPS) is 19.2. The second-order valence-electron chi connectivity index (χ2n) is 6.24. The summed E-state index contributed by atoms with van der Waals surface area (Å²) in [4.78, 5) is 28.4. The minimum atomic E-state index is -0.512. The third kappa shape index (κ3) is 2.67. The van der Waals surface area contributed by atoms with Gasteiger partial charge in [-0.2, -0.15) is 0 Å². The number of hydrogen-bond donors (Lipinski definition) is 0. The number of fused-ring (bicyclic) bond motifs is 1. The monoisotopic (exact) mass is 357 g/mol. The van der Waals surface area contributed by atoms with Crippen LogP contribution in [-0.2, 0) is 4.79 Å². The van der Waals surface area contributed by atoms with Gasteiger partial charge >= 0.3 is 0 Å². The number of rotatable bonds is 3. The van der Waals surface area contributed by atoms with E-state index in [2.05, 4.69) is 5.16 Å². The van der Waals surface area contributed by atoms with Crippen molar-refractivity contribution in [2.45, 2.75) is 19.9 Å². The van der Waals surface area contributed by atoms with Gasteiger partial charge in [0, 0.05) is 31.3 Å². The largest absolute Gasteiger partial charge is 0.454 e. The lowest BCUT2D eigenvalue weighted by atomic mass is 10.1. The van der Waals surface area contributed by atoms with E-state index in [1.54, 1.807) is 30.0 Å². The molecule has 2 aliphatic rings. The van der Waals surface area contributed by atoms with Gasteiger partial charge in [0.05, 0.1) is 0 Å². The Morgan fingerprint density at radius 2 is 2.04 bits per heavy atom. The Morgan fingerprint density at radius 3 is 2.85 bits per heavy atom. The summed E-state index contributed by atoms with van der Waals surface area (Å²) in [5.74, 6) is 1.40. The zero-order valence-electron chi connectivity index (χ0n) is 14.6. The molecular formula is C18H19N3O5. The molecule has 0 radical (unpaired) electrons. The maximum Gasteiger partial charge on any atom is 0.276 e. The summed E-state index contributed by atoms with van der Waals surface area (Å²) in [6, 6.07) is 6.45. The summed E-state index contributed by atoms with van der Waals surface area (Å²) in [7, 11) is 0. The van der Waals surface area contributed by atoms with Gasteiger partial charge in [-0.3, -0.25) is 9.59 Å². The lowest BCUT2D eigenvalue weighted by Gasteiger charge is -2.38. The van der Waals surface area contributed by atoms with Crippen molar-refractivity contribution in [2.75, 3.05) is 26.4 Å². The van der Waals surface area contributed by atoms with E-state index < -0.39 is 6.04 Å². The summed E-state index contributed by atoms with van der Waals surface area (Å²) in [6.45, 7) is 5.50. The van der Waals surface area contributed by atoms with Crippen molar-refractivity contribution in [1.82, 2.24) is 15.0 Å². The molecule has 1 unspecified atom stereocenters. The van der Waals surface area contributed by atoms with Gasteiger partial charge in [-0.1, -0.05) is 5.16 Å². The molecule has 2 aliphatic heterocycles. The van der Waals surface area contributed by atoms with Gasteiger partial charge < -0.3 is 23.8 Å². The molecule has 1 aromatic carbocycles. The molecule has 8 nitrogen and oxygen atoms in total. The Morgan fingerprint density at radius 1 is 1.23 bits per heavy atom. The molecule has 0 N–H and O–H groups in total. The number of piperazine rings is 1. The van der Waals surface area contributed by atoms with Gasteiger partial charge in [0.2, 0.25) is 12.7 Å². The van der Waals surface area contributed by atoms with Crippen LogP contribution in [0.1, 0.15) is 24.3 Å². The second kappa shape index (κ2) is 6.36. The number of amides is 2. The fourth-order valence-electron chi connectivity index (χ4n) is 3.23. The minimum Gasteiger partial charge on any atom is -0.454 e. The SMILES string of the molecule is CCN1CCN(C(=O)c2cc(-c3ccc4c(c3)OCO4)on2)C(C)C1=O. The summed E-state index contributed by atoms with van der Waals surface area (Å²) < 4.78 is 16.0. The van der Waals surface area contributed by atoms with Gasteiger partial charge in [-0.05, 0) is 32.0 Å². The molecule has 0 aliphatic carbocycles. The topological polar surface area (TPSA) is 85.1 Å². The highest BCUT2D eigenvalue weighted by Crippen LogP contribution is 2.36. The molecule has 136 valence electrons. The van der Waals surface area contributed by atoms with Crippen molar-refractivity contribution in [3.8, 4) is 22.8 Å². The Labute approximate surface area is 150 Å². The van der Waals surface area contributed by atoms with Crippen LogP contribution in [0.15, 0.2) is 28.8 Å². The number of carbonyl (C=O) groups excluding carboxylic acids is 2. The zero-order valence-corrected chi connectivity index (χ0v) is 14.6. The van der Waals surface area contributed by atoms with Gasteiger partial charge in [-0.25, -0.2) is 0 Å². The molecule has 1 saturated heterocycles. The van der Waals surface area contributed by atoms with Crippen molar-refractivity contribution >= 4 is 11.8 Å². The molecule has 2 aromatic rings. The van der Waals surface area contributed by atoms with Crippen molar-refractivity contribution in [2.24, 2.45) is 0 Å². The number of aromatic nitrogens is 1. The van der Waals surface area contributed by atoms with Crippen LogP contribution in [0.4, 0.5) is 0 Å². The molecule has 2 amide bonds. The molecule has 4 rings (SSSR count). The summed E-state index contributed by atoms with van der Waals surface area (Å²) in [6.07, 6.45) is 0. The Balaban J connectivity index is 1.54. The third-order valence-electron chi connectivity index (χ3n) is 4.78. The lowest BCUT2D eigenvalue weighted by molar-refractivity contribution is -0.139. The maximum atomic E-state index is 12.8. The minimum absolute atomic E-state index is 0.0495. The van der Waals surface area contributed by atoms with E-state index in [-0.39, 0.29) is 24.3 Å². The smallest absolute Gasteiger partial charge is 0.276 e. The third-order valence-corrected chi connectivity index (χ3v) is 4.78. The quantitative estimate of drug-likeness (QED) is 0.832. The van der Waals surface area contributed by atoms with E-state index in [1.807, 2.05) is 13.0 Å². The molecule has 0 spiro atoms. The summed E-state index contributed by atoms with van der Waals surface area (Å²) >= 11 is 0. The lowest BCUT2D eigenvalue weighted by Crippen LogP contribution is -2.57. The van der Waals surface area contributed by atoms with E-state index >= 15 is 0 Å². The second-order valence-corrected chi connectivity index (χ2v) is 6.24. The fraction of sp³-hybridized carbons (Fsp3) is 0.389. The molecule has 26 heavy (non-hydrogen) atoms. The average Bonchev–Trinajstić information content (AvgIpc) is 3.32. The highest BCUT2D eigenvalue weighted by Gasteiger charge is 2.35. The Hall–Kier alpha value is -3.03. The highest BCUT2D eigenvalue weighted by atomic mass is 16.7. The predicted molar refractivity (Wildman–Crippen MR) is 90.8 cm³/mol. The van der Waals surface area contributed by atoms with E-state index in [0.29, 0.717) is 36.9 Å². The van der Waals surface area contributed by atoms with E-state index in [1.165, 1.54) is 4.90 Å². The van der Waals surface area contributed by atoms with E-state index in [0.717, 1.165) is 5.56 Å². The van der Waals surface area contributed by atoms with Crippen LogP contribution >= 0.6 is 0 Å². The number of likely N-dealkylation sites (N-methyl/N-ethyl adjacent to an activating group) is 1. The fourth-order valence-corrected chi connectivity index (χ4v) is 3.23. The van der Waals surface area contributed by atoms with Crippen molar-refractivity contribution in [1.29, 1.82) is 0 Å². The van der Waals surface area contributed by atoms with Crippen LogP contribution < -0.4 is 9.47 Å². The van der Waals surface area contributed by atoms with Gasteiger partial charge in [0.1, 0.15) is 6.04 Å². The van der Waals surface area contributed by atoms with E-state index in [9.17, 15) is 9.59 Å². The predicted octanol–water partition coefficient (Wildman–Crippen LogP) is 1.76. The van der Waals surface area contributed by atoms with Crippen molar-refractivity contribution in [3.63, 3.8) is 0 Å². The highest BCUT2D eigenvalue weighted by molar-refractivity contribution is 5.97. The zero-order chi connectivity index (χ0) is 18.3. The average molecular weight is 357 g/mol. The molecule has 1 aromatic heterocycles. The number of ether oxygens (including phenoxy) is 2. The summed E-state index contributed by atoms with van der Waals surface area (Å²) in [5.41, 5.74) is 0.919. The first-order valence-electron chi connectivity index (χ1n) is 8.55. The first-order chi connectivity index (χ1) is 12.6. The van der Waals surface area contributed by atoms with Gasteiger partial charge in [-0.15, -0.1) is 0 Å². The number of carbonyl (C=O) groups is 2. The first kappa shape index (κ1) is 16.4. The van der Waals surface area contributed by atoms with Crippen molar-refractivity contribution < 1.29 is 23.6 Å². The van der Waals surface area contributed by atoms with Crippen LogP contribution in [0.2, 0.25) is 0 Å². The molecular weight excluding hydrogens is 338 g/mol. The molecule has 1 atom stereocenters. The molecule has 8 heteroatoms. The Bertz CT molecular complexity index is 862. The number of nitrogens with zero attached hydrogens (tertiary/aromatic N) is 3. The van der Waals surface area contributed by atoms with Crippen LogP contribution in [0.5, 0.6) is 11.5 Å². The van der Waals surface area contributed by atoms with Crippen LogP contribution in [0.3, 0.4) is 0 Å². The summed E-state index contributed by atoms with van der Waals surface area (Å²) in [5, 5.41) is 3.90. The molecule has 0 saturated carbocycles. The molecule has 0 bridgehead atoms. The molecule has 1 fully saturated rings. The van der Waals surface area contributed by atoms with Gasteiger partial charge in [0.15, 0.2) is 23.0 Å². The Kier molecular flexibility index (Phi) is 4.02. The van der Waals surface area contributed by atoms with Crippen LogP contribution in [0.25, 0.3) is 11.3 Å². The van der Waals surface area contributed by atoms with Crippen molar-refractivity contribution in [3.05, 3.63) is 30.0 Å². The number of benzene rings is 1. The first-order valence-corrected chi connectivity index (χ1v) is 8.55. The maximum absolute atomic E-state index is 12.8.